The number of morpholine rings is 1. The molecule has 4 saturated heterocycles. The molecular weight excluding hydrogens is 372 g/mol. The van der Waals surface area contributed by atoms with Crippen molar-refractivity contribution in [2.75, 3.05) is 50.8 Å². The predicted octanol–water partition coefficient (Wildman–Crippen LogP) is 0.674. The Hall–Kier alpha value is -2.19. The maximum atomic E-state index is 13.1. The Balaban J connectivity index is 1.27. The lowest BCUT2D eigenvalue weighted by atomic mass is 9.73. The number of pyridine rings is 1. The molecule has 1 aromatic heterocycles. The molecule has 1 aromatic rings. The first-order valence-electron chi connectivity index (χ1n) is 10.6. The first-order chi connectivity index (χ1) is 14.1. The molecule has 4 atom stereocenters. The first-order valence-corrected chi connectivity index (χ1v) is 10.6. The highest BCUT2D eigenvalue weighted by atomic mass is 16.5. The van der Waals surface area contributed by atoms with E-state index >= 15 is 0 Å². The van der Waals surface area contributed by atoms with Gasteiger partial charge in [0.25, 0.3) is 5.91 Å². The highest BCUT2D eigenvalue weighted by Gasteiger charge is 2.63. The van der Waals surface area contributed by atoms with Gasteiger partial charge in [-0.25, -0.2) is 4.98 Å². The molecule has 0 radical (unpaired) electrons. The molecule has 29 heavy (non-hydrogen) atoms. The van der Waals surface area contributed by atoms with Crippen molar-refractivity contribution in [1.29, 1.82) is 0 Å². The minimum Gasteiger partial charge on any atom is -0.378 e. The van der Waals surface area contributed by atoms with Crippen LogP contribution >= 0.6 is 0 Å². The number of amides is 2. The van der Waals surface area contributed by atoms with E-state index in [1.807, 2.05) is 17.0 Å². The lowest BCUT2D eigenvalue weighted by Crippen LogP contribution is -2.41. The number of aromatic nitrogens is 1. The van der Waals surface area contributed by atoms with Crippen molar-refractivity contribution in [2.24, 2.45) is 11.8 Å². The molecular formula is C21H28N4O4. The highest BCUT2D eigenvalue weighted by molar-refractivity contribution is 5.94. The number of likely N-dealkylation sites (tertiary alicyclic amines) is 1. The molecule has 1 N–H and O–H groups in total. The number of hydrogen-bond acceptors (Lipinski definition) is 6. The van der Waals surface area contributed by atoms with Gasteiger partial charge in [-0.05, 0) is 25.0 Å². The summed E-state index contributed by atoms with van der Waals surface area (Å²) in [5.74, 6) is 1.46. The molecule has 2 amide bonds. The monoisotopic (exact) mass is 400 g/mol. The number of nitrogens with one attached hydrogen (secondary N) is 1. The topological polar surface area (TPSA) is 84.0 Å². The van der Waals surface area contributed by atoms with Crippen molar-refractivity contribution in [1.82, 2.24) is 15.2 Å². The fraction of sp³-hybridized carbons (Fsp3) is 0.667. The summed E-state index contributed by atoms with van der Waals surface area (Å²) < 4.78 is 11.7. The molecule has 5 rings (SSSR count). The summed E-state index contributed by atoms with van der Waals surface area (Å²) in [6.45, 7) is 6.56. The largest absolute Gasteiger partial charge is 0.378 e. The Kier molecular flexibility index (Phi) is 4.70. The van der Waals surface area contributed by atoms with E-state index in [4.69, 9.17) is 9.47 Å². The second-order valence-corrected chi connectivity index (χ2v) is 8.66. The smallest absolute Gasteiger partial charge is 0.255 e. The van der Waals surface area contributed by atoms with E-state index in [9.17, 15) is 9.59 Å². The molecule has 156 valence electrons. The van der Waals surface area contributed by atoms with Gasteiger partial charge >= 0.3 is 0 Å². The first kappa shape index (κ1) is 18.8. The van der Waals surface area contributed by atoms with Gasteiger partial charge in [-0.3, -0.25) is 9.59 Å². The van der Waals surface area contributed by atoms with E-state index in [1.54, 1.807) is 13.1 Å². The van der Waals surface area contributed by atoms with E-state index < -0.39 is 0 Å². The van der Waals surface area contributed by atoms with Gasteiger partial charge < -0.3 is 24.6 Å². The summed E-state index contributed by atoms with van der Waals surface area (Å²) in [7, 11) is 0. The zero-order valence-corrected chi connectivity index (χ0v) is 16.8. The van der Waals surface area contributed by atoms with Crippen LogP contribution in [0.5, 0.6) is 0 Å². The number of carbonyl (C=O) groups is 2. The highest BCUT2D eigenvalue weighted by Crippen LogP contribution is 2.54. The third-order valence-corrected chi connectivity index (χ3v) is 6.99. The Bertz CT molecular complexity index is 794. The minimum absolute atomic E-state index is 0.0140. The third-order valence-electron chi connectivity index (χ3n) is 6.99. The van der Waals surface area contributed by atoms with E-state index in [1.165, 1.54) is 0 Å². The van der Waals surface area contributed by atoms with Gasteiger partial charge in [0.15, 0.2) is 0 Å². The number of nitrogens with zero attached hydrogens (tertiary/aromatic N) is 3. The van der Waals surface area contributed by atoms with Gasteiger partial charge in [0.1, 0.15) is 5.82 Å². The third kappa shape index (κ3) is 3.28. The van der Waals surface area contributed by atoms with Crippen molar-refractivity contribution in [3.63, 3.8) is 0 Å². The lowest BCUT2D eigenvalue weighted by Gasteiger charge is -2.29. The fourth-order valence-corrected chi connectivity index (χ4v) is 5.55. The average molecular weight is 400 g/mol. The zero-order valence-electron chi connectivity index (χ0n) is 16.8. The molecule has 8 heteroatoms. The number of anilines is 1. The summed E-state index contributed by atoms with van der Waals surface area (Å²) in [5.41, 5.74) is 0.385. The predicted molar refractivity (Wildman–Crippen MR) is 106 cm³/mol. The summed E-state index contributed by atoms with van der Waals surface area (Å²) in [5, 5.41) is 2.95. The standard InChI is InChI=1S/C21H28N4O4/c1-14(26)22-11-16-17-12-25(13-21(17)5-4-18(16)29-21)20(27)15-2-3-19(23-10-15)24-6-8-28-9-7-24/h2-3,10,16-18H,4-9,11-13H2,1H3,(H,22,26)/t16-,17+,18+,21+/m0/s1. The van der Waals surface area contributed by atoms with Crippen LogP contribution in [0, 0.1) is 11.8 Å². The average Bonchev–Trinajstić information content (AvgIpc) is 3.41. The van der Waals surface area contributed by atoms with Crippen molar-refractivity contribution in [3.05, 3.63) is 23.9 Å². The van der Waals surface area contributed by atoms with Crippen LogP contribution in [0.1, 0.15) is 30.1 Å². The van der Waals surface area contributed by atoms with Gasteiger partial charge in [0.05, 0.1) is 37.0 Å². The van der Waals surface area contributed by atoms with Crippen LogP contribution in [-0.4, -0.2) is 79.3 Å². The van der Waals surface area contributed by atoms with Crippen molar-refractivity contribution in [2.45, 2.75) is 31.5 Å². The van der Waals surface area contributed by atoms with Crippen molar-refractivity contribution >= 4 is 17.6 Å². The molecule has 4 aliphatic rings. The van der Waals surface area contributed by atoms with E-state index in [0.717, 1.165) is 31.7 Å². The molecule has 0 unspecified atom stereocenters. The number of fused-ring (bicyclic) bond motifs is 1. The number of hydrogen-bond donors (Lipinski definition) is 1. The molecule has 2 bridgehead atoms. The van der Waals surface area contributed by atoms with Crippen LogP contribution in [0.25, 0.3) is 0 Å². The molecule has 4 aliphatic heterocycles. The lowest BCUT2D eigenvalue weighted by molar-refractivity contribution is -0.119. The molecule has 5 heterocycles. The second-order valence-electron chi connectivity index (χ2n) is 8.66. The molecule has 0 saturated carbocycles. The van der Waals surface area contributed by atoms with Gasteiger partial charge in [0, 0.05) is 51.1 Å². The van der Waals surface area contributed by atoms with Gasteiger partial charge in [-0.2, -0.15) is 0 Å². The Labute approximate surface area is 170 Å². The van der Waals surface area contributed by atoms with Crippen molar-refractivity contribution < 1.29 is 19.1 Å². The normalized spacial score (nSPS) is 33.1. The minimum atomic E-state index is -0.232. The molecule has 1 spiro atoms. The Morgan fingerprint density at radius 2 is 2.14 bits per heavy atom. The van der Waals surface area contributed by atoms with E-state index in [-0.39, 0.29) is 35.4 Å². The van der Waals surface area contributed by atoms with Crippen molar-refractivity contribution in [3.8, 4) is 0 Å². The Morgan fingerprint density at radius 3 is 2.86 bits per heavy atom. The van der Waals surface area contributed by atoms with E-state index in [2.05, 4.69) is 15.2 Å². The van der Waals surface area contributed by atoms with Crippen LogP contribution in [0.4, 0.5) is 5.82 Å². The second kappa shape index (κ2) is 7.25. The van der Waals surface area contributed by atoms with Crippen LogP contribution in [0.2, 0.25) is 0 Å². The van der Waals surface area contributed by atoms with Gasteiger partial charge in [-0.1, -0.05) is 0 Å². The fourth-order valence-electron chi connectivity index (χ4n) is 5.55. The van der Waals surface area contributed by atoms with Crippen LogP contribution in [0.3, 0.4) is 0 Å². The van der Waals surface area contributed by atoms with Gasteiger partial charge in [0.2, 0.25) is 5.91 Å². The van der Waals surface area contributed by atoms with Gasteiger partial charge in [-0.15, -0.1) is 0 Å². The number of rotatable bonds is 4. The molecule has 4 fully saturated rings. The number of carbonyl (C=O) groups excluding carboxylic acids is 2. The number of ether oxygens (including phenoxy) is 2. The molecule has 8 nitrogen and oxygen atoms in total. The maximum absolute atomic E-state index is 13.1. The summed E-state index contributed by atoms with van der Waals surface area (Å²) in [4.78, 5) is 33.1. The van der Waals surface area contributed by atoms with Crippen LogP contribution in [0.15, 0.2) is 18.3 Å². The summed E-state index contributed by atoms with van der Waals surface area (Å²) in [6.07, 6.45) is 3.90. The van der Waals surface area contributed by atoms with Crippen LogP contribution in [-0.2, 0) is 14.3 Å². The zero-order chi connectivity index (χ0) is 20.0. The molecule has 0 aromatic carbocycles. The molecule has 0 aliphatic carbocycles. The SMILES string of the molecule is CC(=O)NC[C@H]1[C@H]2CN(C(=O)c3ccc(N4CCOCC4)nc3)C[C@]23CC[C@H]1O3. The summed E-state index contributed by atoms with van der Waals surface area (Å²) in [6, 6.07) is 3.80. The van der Waals surface area contributed by atoms with E-state index in [0.29, 0.717) is 38.4 Å². The Morgan fingerprint density at radius 1 is 1.31 bits per heavy atom. The van der Waals surface area contributed by atoms with Crippen LogP contribution < -0.4 is 10.2 Å². The summed E-state index contributed by atoms with van der Waals surface area (Å²) >= 11 is 0. The quantitative estimate of drug-likeness (QED) is 0.800. The maximum Gasteiger partial charge on any atom is 0.255 e.